The van der Waals surface area contributed by atoms with Crippen LogP contribution in [0.5, 0.6) is 0 Å². The van der Waals surface area contributed by atoms with Crippen molar-refractivity contribution in [1.29, 1.82) is 0 Å². The summed E-state index contributed by atoms with van der Waals surface area (Å²) in [4.78, 5) is 55.4. The summed E-state index contributed by atoms with van der Waals surface area (Å²) in [5.41, 5.74) is 0.520. The Kier molecular flexibility index (Phi) is 12.8. The van der Waals surface area contributed by atoms with Gasteiger partial charge in [-0.2, -0.15) is 0 Å². The Morgan fingerprint density at radius 3 is 2.30 bits per heavy atom. The number of amides is 2. The Morgan fingerprint density at radius 1 is 1.05 bits per heavy atom. The molecule has 9 heteroatoms. The Bertz CT molecular complexity index is 910. The lowest BCUT2D eigenvalue weighted by Crippen LogP contribution is -2.42. The number of Topliss-reactive ketones (excluding diaryl/α,β-unsaturated/α-hetero) is 1. The number of imidazole rings is 1. The molecule has 0 aliphatic carbocycles. The minimum Gasteiger partial charge on any atom is -0.467 e. The highest BCUT2D eigenvalue weighted by molar-refractivity contribution is 6.05. The third-order valence-electron chi connectivity index (χ3n) is 7.13. The predicted molar refractivity (Wildman–Crippen MR) is 143 cm³/mol. The summed E-state index contributed by atoms with van der Waals surface area (Å²) in [6.45, 7) is 4.02. The highest BCUT2D eigenvalue weighted by atomic mass is 16.5. The molecule has 37 heavy (non-hydrogen) atoms. The van der Waals surface area contributed by atoms with Crippen LogP contribution in [0, 0.1) is 11.8 Å². The molecule has 208 valence electrons. The molecule has 1 N–H and O–H groups in total. The molecule has 0 bridgehead atoms. The molecule has 0 spiro atoms. The maximum absolute atomic E-state index is 13.0. The number of ether oxygens (including phenoxy) is 1. The van der Waals surface area contributed by atoms with Gasteiger partial charge in [0.15, 0.2) is 11.6 Å². The molecule has 2 amide bonds. The first-order valence-electron chi connectivity index (χ1n) is 13.8. The summed E-state index contributed by atoms with van der Waals surface area (Å²) in [6.07, 6.45) is 12.7. The molecular formula is C28H46N4O5. The van der Waals surface area contributed by atoms with Gasteiger partial charge in [0.1, 0.15) is 11.7 Å². The lowest BCUT2D eigenvalue weighted by atomic mass is 9.91. The van der Waals surface area contributed by atoms with Crippen LogP contribution < -0.4 is 10.2 Å². The fraction of sp³-hybridized carbons (Fsp3) is 0.750. The number of anilines is 1. The van der Waals surface area contributed by atoms with Crippen LogP contribution in [0.15, 0.2) is 6.33 Å². The average Bonchev–Trinajstić information content (AvgIpc) is 3.25. The van der Waals surface area contributed by atoms with Crippen LogP contribution in [0.1, 0.15) is 108 Å². The number of nitrogens with zero attached hydrogens (tertiary/aromatic N) is 3. The number of aryl methyl sites for hydroxylation is 1. The molecule has 1 unspecified atom stereocenters. The van der Waals surface area contributed by atoms with Gasteiger partial charge in [0.25, 0.3) is 0 Å². The van der Waals surface area contributed by atoms with E-state index in [9.17, 15) is 19.2 Å². The molecule has 0 saturated heterocycles. The molecule has 1 aliphatic heterocycles. The monoisotopic (exact) mass is 518 g/mol. The zero-order valence-corrected chi connectivity index (χ0v) is 23.4. The molecular weight excluding hydrogens is 472 g/mol. The highest BCUT2D eigenvalue weighted by Crippen LogP contribution is 2.28. The van der Waals surface area contributed by atoms with Crippen molar-refractivity contribution in [2.75, 3.05) is 19.1 Å². The predicted octanol–water partition coefficient (Wildman–Crippen LogP) is 4.58. The van der Waals surface area contributed by atoms with Crippen LogP contribution in [-0.4, -0.2) is 53.3 Å². The van der Waals surface area contributed by atoms with Crippen molar-refractivity contribution >= 4 is 29.4 Å². The zero-order chi connectivity index (χ0) is 27.4. The van der Waals surface area contributed by atoms with Crippen molar-refractivity contribution in [3.63, 3.8) is 0 Å². The molecule has 2 atom stereocenters. The molecule has 0 fully saturated rings. The van der Waals surface area contributed by atoms with Crippen molar-refractivity contribution in [2.45, 2.75) is 103 Å². The van der Waals surface area contributed by atoms with Gasteiger partial charge in [0.05, 0.1) is 13.4 Å². The van der Waals surface area contributed by atoms with Crippen molar-refractivity contribution < 1.29 is 23.9 Å². The Labute approximate surface area is 221 Å². The quantitative estimate of drug-likeness (QED) is 0.269. The van der Waals surface area contributed by atoms with E-state index in [-0.39, 0.29) is 29.5 Å². The number of hydrogen-bond acceptors (Lipinski definition) is 6. The van der Waals surface area contributed by atoms with E-state index in [0.717, 1.165) is 57.8 Å². The van der Waals surface area contributed by atoms with Crippen LogP contribution in [0.4, 0.5) is 5.82 Å². The van der Waals surface area contributed by atoms with E-state index in [2.05, 4.69) is 10.3 Å². The second-order valence-electron chi connectivity index (χ2n) is 10.7. The molecule has 2 heterocycles. The second-order valence-corrected chi connectivity index (χ2v) is 10.7. The lowest BCUT2D eigenvalue weighted by molar-refractivity contribution is -0.145. The summed E-state index contributed by atoms with van der Waals surface area (Å²) < 4.78 is 6.49. The van der Waals surface area contributed by atoms with Gasteiger partial charge in [-0.25, -0.2) is 9.78 Å². The number of nitrogens with one attached hydrogen (secondary N) is 1. The fourth-order valence-corrected chi connectivity index (χ4v) is 5.01. The first-order chi connectivity index (χ1) is 17.6. The molecule has 0 aromatic carbocycles. The van der Waals surface area contributed by atoms with Crippen LogP contribution in [0.2, 0.25) is 0 Å². The van der Waals surface area contributed by atoms with E-state index < -0.39 is 6.04 Å². The summed E-state index contributed by atoms with van der Waals surface area (Å²) in [5.74, 6) is 0.263. The van der Waals surface area contributed by atoms with Gasteiger partial charge in [-0.15, -0.1) is 0 Å². The Balaban J connectivity index is 1.57. The largest absolute Gasteiger partial charge is 0.467 e. The van der Waals surface area contributed by atoms with Gasteiger partial charge in [0.2, 0.25) is 11.8 Å². The first-order valence-corrected chi connectivity index (χ1v) is 13.8. The van der Waals surface area contributed by atoms with Crippen molar-refractivity contribution in [1.82, 2.24) is 14.9 Å². The lowest BCUT2D eigenvalue weighted by Gasteiger charge is -2.25. The number of aromatic nitrogens is 2. The number of carbonyl (C=O) groups excluding carboxylic acids is 4. The van der Waals surface area contributed by atoms with E-state index in [1.807, 2.05) is 13.8 Å². The number of unbranched alkanes of at least 4 members (excludes halogenated alkanes) is 7. The maximum atomic E-state index is 13.0. The van der Waals surface area contributed by atoms with Gasteiger partial charge in [-0.1, -0.05) is 58.8 Å². The second kappa shape index (κ2) is 15.5. The molecule has 1 aromatic heterocycles. The number of hydrogen-bond donors (Lipinski definition) is 1. The number of rotatable bonds is 15. The number of carbonyl (C=O) groups is 4. The number of methoxy groups -OCH3 is 1. The normalized spacial score (nSPS) is 16.8. The minimum absolute atomic E-state index is 0.0515. The maximum Gasteiger partial charge on any atom is 0.328 e. The smallest absolute Gasteiger partial charge is 0.328 e. The van der Waals surface area contributed by atoms with Gasteiger partial charge in [-0.3, -0.25) is 19.3 Å². The van der Waals surface area contributed by atoms with Gasteiger partial charge < -0.3 is 14.6 Å². The molecule has 1 aliphatic rings. The highest BCUT2D eigenvalue weighted by Gasteiger charge is 2.31. The Morgan fingerprint density at radius 2 is 1.68 bits per heavy atom. The van der Waals surface area contributed by atoms with Gasteiger partial charge in [0, 0.05) is 32.9 Å². The molecule has 1 aromatic rings. The molecule has 0 saturated carbocycles. The van der Waals surface area contributed by atoms with E-state index in [0.29, 0.717) is 43.1 Å². The average molecular weight is 519 g/mol. The van der Waals surface area contributed by atoms with Gasteiger partial charge in [-0.05, 0) is 31.6 Å². The summed E-state index contributed by atoms with van der Waals surface area (Å²) in [5, 5.41) is 2.81. The number of ketones is 1. The van der Waals surface area contributed by atoms with E-state index >= 15 is 0 Å². The van der Waals surface area contributed by atoms with Crippen LogP contribution in [-0.2, 0) is 26.2 Å². The third-order valence-corrected chi connectivity index (χ3v) is 7.13. The van der Waals surface area contributed by atoms with Crippen LogP contribution in [0.25, 0.3) is 0 Å². The summed E-state index contributed by atoms with van der Waals surface area (Å²) in [7, 11) is 4.85. The third kappa shape index (κ3) is 9.59. The van der Waals surface area contributed by atoms with Crippen LogP contribution >= 0.6 is 0 Å². The van der Waals surface area contributed by atoms with E-state index in [1.54, 1.807) is 29.9 Å². The van der Waals surface area contributed by atoms with Gasteiger partial charge >= 0.3 is 5.97 Å². The van der Waals surface area contributed by atoms with Crippen molar-refractivity contribution in [3.05, 3.63) is 12.0 Å². The molecule has 2 rings (SSSR count). The SMILES string of the molecule is COC(=O)[C@H](CC(C)C)NC(=O)CCCCCCCCCCC1CCC(=O)c2c(ncn2C)N(C)C1=O. The number of esters is 1. The van der Waals surface area contributed by atoms with E-state index in [4.69, 9.17) is 4.74 Å². The number of fused-ring (bicyclic) bond motifs is 1. The van der Waals surface area contributed by atoms with E-state index in [1.165, 1.54) is 7.11 Å². The summed E-state index contributed by atoms with van der Waals surface area (Å²) >= 11 is 0. The van der Waals surface area contributed by atoms with Crippen LogP contribution in [0.3, 0.4) is 0 Å². The first kappa shape index (κ1) is 30.5. The van der Waals surface area contributed by atoms with Crippen molar-refractivity contribution in [3.8, 4) is 0 Å². The Hall–Kier alpha value is -2.71. The molecule has 9 nitrogen and oxygen atoms in total. The topological polar surface area (TPSA) is 111 Å². The van der Waals surface area contributed by atoms with Crippen molar-refractivity contribution in [2.24, 2.45) is 18.9 Å². The standard InChI is InChI=1S/C28H46N4O5/c1-20(2)18-22(28(36)37-5)30-24(34)15-13-11-9-7-6-8-10-12-14-21-16-17-23(33)25-26(29-19-31(25)3)32(4)27(21)35/h19-22H,6-18H2,1-5H3,(H,30,34)/t21?,22-/m0/s1. The fourth-order valence-electron chi connectivity index (χ4n) is 5.01. The molecule has 0 radical (unpaired) electrons. The summed E-state index contributed by atoms with van der Waals surface area (Å²) in [6, 6.07) is -0.566. The zero-order valence-electron chi connectivity index (χ0n) is 23.4. The minimum atomic E-state index is -0.566.